The number of hydrogen-bond acceptors (Lipinski definition) is 2. The second-order valence-electron chi connectivity index (χ2n) is 3.07. The molecule has 0 spiro atoms. The van der Waals surface area contributed by atoms with Crippen LogP contribution in [0.25, 0.3) is 0 Å². The third-order valence-corrected chi connectivity index (χ3v) is 1.66. The summed E-state index contributed by atoms with van der Waals surface area (Å²) >= 11 is 0. The van der Waals surface area contributed by atoms with E-state index in [2.05, 4.69) is 5.10 Å². The molecule has 1 aromatic rings. The highest BCUT2D eigenvalue weighted by atomic mass is 19.3. The van der Waals surface area contributed by atoms with Crippen LogP contribution in [0.2, 0.25) is 0 Å². The standard InChI is InChI=1S/C8H12F2N2O/c1-5(13)3-6-4-12(2)11-7(6)8(9)10/h4-5,8,13H,3H2,1-2H3/t5-/m1/s1. The lowest BCUT2D eigenvalue weighted by molar-refractivity contribution is 0.142. The third kappa shape index (κ3) is 2.48. The molecule has 0 saturated carbocycles. The molecular weight excluding hydrogens is 178 g/mol. The molecule has 1 N–H and O–H groups in total. The molecule has 0 radical (unpaired) electrons. The minimum atomic E-state index is -2.57. The summed E-state index contributed by atoms with van der Waals surface area (Å²) in [6, 6.07) is 0. The van der Waals surface area contributed by atoms with Gasteiger partial charge in [-0.15, -0.1) is 0 Å². The molecule has 74 valence electrons. The molecule has 1 rings (SSSR count). The van der Waals surface area contributed by atoms with Crippen LogP contribution in [-0.2, 0) is 13.5 Å². The van der Waals surface area contributed by atoms with Gasteiger partial charge >= 0.3 is 0 Å². The molecule has 0 fully saturated rings. The van der Waals surface area contributed by atoms with Crippen molar-refractivity contribution >= 4 is 0 Å². The molecule has 0 saturated heterocycles. The molecule has 0 aliphatic carbocycles. The van der Waals surface area contributed by atoms with Crippen molar-refractivity contribution in [1.82, 2.24) is 9.78 Å². The van der Waals surface area contributed by atoms with Crippen molar-refractivity contribution in [2.75, 3.05) is 0 Å². The van der Waals surface area contributed by atoms with Gasteiger partial charge in [0.1, 0.15) is 5.69 Å². The Balaban J connectivity index is 2.91. The number of hydrogen-bond donors (Lipinski definition) is 1. The second kappa shape index (κ2) is 3.83. The summed E-state index contributed by atoms with van der Waals surface area (Å²) in [5.41, 5.74) is 0.177. The first-order valence-electron chi connectivity index (χ1n) is 3.99. The number of aliphatic hydroxyl groups excluding tert-OH is 1. The molecule has 1 aromatic heterocycles. The molecule has 3 nitrogen and oxygen atoms in total. The molecule has 1 heterocycles. The Labute approximate surface area is 75.0 Å². The number of halogens is 2. The largest absolute Gasteiger partial charge is 0.393 e. The predicted octanol–water partition coefficient (Wildman–Crippen LogP) is 1.28. The lowest BCUT2D eigenvalue weighted by atomic mass is 10.1. The highest BCUT2D eigenvalue weighted by Crippen LogP contribution is 2.21. The topological polar surface area (TPSA) is 38.0 Å². The molecule has 0 aromatic carbocycles. The van der Waals surface area contributed by atoms with Crippen LogP contribution < -0.4 is 0 Å². The van der Waals surface area contributed by atoms with E-state index in [-0.39, 0.29) is 12.1 Å². The number of rotatable bonds is 3. The normalized spacial score (nSPS) is 13.7. The quantitative estimate of drug-likeness (QED) is 0.779. The van der Waals surface area contributed by atoms with E-state index in [4.69, 9.17) is 5.11 Å². The van der Waals surface area contributed by atoms with Crippen molar-refractivity contribution in [3.05, 3.63) is 17.5 Å². The van der Waals surface area contributed by atoms with E-state index in [0.29, 0.717) is 5.56 Å². The first-order chi connectivity index (χ1) is 6.00. The summed E-state index contributed by atoms with van der Waals surface area (Å²) in [4.78, 5) is 0. The summed E-state index contributed by atoms with van der Waals surface area (Å²) in [7, 11) is 1.58. The molecule has 0 aliphatic rings. The number of aliphatic hydroxyl groups is 1. The maximum atomic E-state index is 12.3. The number of aryl methyl sites for hydroxylation is 1. The SMILES string of the molecule is C[C@@H](O)Cc1cn(C)nc1C(F)F. The minimum absolute atomic E-state index is 0.216. The van der Waals surface area contributed by atoms with Gasteiger partial charge in [0.25, 0.3) is 6.43 Å². The lowest BCUT2D eigenvalue weighted by Crippen LogP contribution is -2.05. The van der Waals surface area contributed by atoms with Gasteiger partial charge in [-0.1, -0.05) is 0 Å². The van der Waals surface area contributed by atoms with Crippen molar-refractivity contribution in [3.63, 3.8) is 0 Å². The fraction of sp³-hybridized carbons (Fsp3) is 0.625. The summed E-state index contributed by atoms with van der Waals surface area (Å²) in [6.45, 7) is 1.56. The molecule has 1 atom stereocenters. The first-order valence-corrected chi connectivity index (χ1v) is 3.99. The summed E-state index contributed by atoms with van der Waals surface area (Å²) in [6.07, 6.45) is -1.47. The summed E-state index contributed by atoms with van der Waals surface area (Å²) < 4.78 is 26.0. The predicted molar refractivity (Wildman–Crippen MR) is 43.5 cm³/mol. The zero-order chi connectivity index (χ0) is 10.0. The molecule has 13 heavy (non-hydrogen) atoms. The molecule has 0 aliphatic heterocycles. The van der Waals surface area contributed by atoms with Crippen LogP contribution in [0.15, 0.2) is 6.20 Å². The van der Waals surface area contributed by atoms with Crippen LogP contribution in [-0.4, -0.2) is 21.0 Å². The lowest BCUT2D eigenvalue weighted by Gasteiger charge is -2.02. The van der Waals surface area contributed by atoms with Gasteiger partial charge in [-0.2, -0.15) is 5.10 Å². The maximum absolute atomic E-state index is 12.3. The van der Waals surface area contributed by atoms with Gasteiger partial charge in [-0.05, 0) is 6.92 Å². The van der Waals surface area contributed by atoms with Gasteiger partial charge in [-0.3, -0.25) is 4.68 Å². The van der Waals surface area contributed by atoms with E-state index in [1.54, 1.807) is 14.0 Å². The van der Waals surface area contributed by atoms with Crippen LogP contribution in [0, 0.1) is 0 Å². The Bertz CT molecular complexity index is 284. The fourth-order valence-electron chi connectivity index (χ4n) is 1.21. The fourth-order valence-corrected chi connectivity index (χ4v) is 1.21. The Morgan fingerprint density at radius 3 is 2.69 bits per heavy atom. The van der Waals surface area contributed by atoms with E-state index in [9.17, 15) is 8.78 Å². The van der Waals surface area contributed by atoms with E-state index < -0.39 is 12.5 Å². The Kier molecular flexibility index (Phi) is 2.98. The monoisotopic (exact) mass is 190 g/mol. The van der Waals surface area contributed by atoms with Crippen molar-refractivity contribution in [2.24, 2.45) is 7.05 Å². The zero-order valence-electron chi connectivity index (χ0n) is 7.54. The average Bonchev–Trinajstić information content (AvgIpc) is 2.29. The Hall–Kier alpha value is -0.970. The van der Waals surface area contributed by atoms with Crippen molar-refractivity contribution in [3.8, 4) is 0 Å². The van der Waals surface area contributed by atoms with Crippen molar-refractivity contribution < 1.29 is 13.9 Å². The van der Waals surface area contributed by atoms with Crippen LogP contribution in [0.3, 0.4) is 0 Å². The average molecular weight is 190 g/mol. The van der Waals surface area contributed by atoms with Crippen LogP contribution in [0.1, 0.15) is 24.6 Å². The third-order valence-electron chi connectivity index (χ3n) is 1.66. The molecule has 0 bridgehead atoms. The van der Waals surface area contributed by atoms with Crippen molar-refractivity contribution in [2.45, 2.75) is 25.9 Å². The number of aromatic nitrogens is 2. The number of alkyl halides is 2. The summed E-state index contributed by atoms with van der Waals surface area (Å²) in [5.74, 6) is 0. The highest BCUT2D eigenvalue weighted by Gasteiger charge is 2.17. The van der Waals surface area contributed by atoms with Gasteiger partial charge in [0, 0.05) is 25.2 Å². The van der Waals surface area contributed by atoms with Crippen molar-refractivity contribution in [1.29, 1.82) is 0 Å². The van der Waals surface area contributed by atoms with E-state index in [1.165, 1.54) is 10.9 Å². The highest BCUT2D eigenvalue weighted by molar-refractivity contribution is 5.18. The smallest absolute Gasteiger partial charge is 0.282 e. The molecule has 0 amide bonds. The van der Waals surface area contributed by atoms with Gasteiger partial charge in [-0.25, -0.2) is 8.78 Å². The maximum Gasteiger partial charge on any atom is 0.282 e. The van der Waals surface area contributed by atoms with E-state index in [1.807, 2.05) is 0 Å². The van der Waals surface area contributed by atoms with Gasteiger partial charge in [0.2, 0.25) is 0 Å². The van der Waals surface area contributed by atoms with E-state index >= 15 is 0 Å². The molecule has 0 unspecified atom stereocenters. The molecular formula is C8H12F2N2O. The van der Waals surface area contributed by atoms with Gasteiger partial charge < -0.3 is 5.11 Å². The zero-order valence-corrected chi connectivity index (χ0v) is 7.54. The first kappa shape index (κ1) is 10.1. The van der Waals surface area contributed by atoms with Crippen LogP contribution >= 0.6 is 0 Å². The summed E-state index contributed by atoms with van der Waals surface area (Å²) in [5, 5.41) is 12.7. The Morgan fingerprint density at radius 2 is 2.23 bits per heavy atom. The minimum Gasteiger partial charge on any atom is -0.393 e. The number of nitrogens with zero attached hydrogens (tertiary/aromatic N) is 2. The van der Waals surface area contributed by atoms with Gasteiger partial charge in [0.15, 0.2) is 0 Å². The van der Waals surface area contributed by atoms with Gasteiger partial charge in [0.05, 0.1) is 6.10 Å². The van der Waals surface area contributed by atoms with Crippen LogP contribution in [0.4, 0.5) is 8.78 Å². The van der Waals surface area contributed by atoms with Crippen LogP contribution in [0.5, 0.6) is 0 Å². The second-order valence-corrected chi connectivity index (χ2v) is 3.07. The Morgan fingerprint density at radius 1 is 1.62 bits per heavy atom. The molecule has 5 heteroatoms. The van der Waals surface area contributed by atoms with E-state index in [0.717, 1.165) is 0 Å².